The van der Waals surface area contributed by atoms with Crippen LogP contribution in [0.2, 0.25) is 0 Å². The lowest BCUT2D eigenvalue weighted by atomic mass is 10.2. The van der Waals surface area contributed by atoms with Crippen molar-refractivity contribution in [2.24, 2.45) is 0 Å². The van der Waals surface area contributed by atoms with Crippen molar-refractivity contribution >= 4 is 11.3 Å². The minimum Gasteiger partial charge on any atom is -0.453 e. The lowest BCUT2D eigenvalue weighted by molar-refractivity contribution is 0.481. The van der Waals surface area contributed by atoms with E-state index >= 15 is 0 Å². The molecule has 0 unspecified atom stereocenters. The van der Waals surface area contributed by atoms with Gasteiger partial charge in [0.15, 0.2) is 11.4 Å². The molecule has 4 heteroatoms. The summed E-state index contributed by atoms with van der Waals surface area (Å²) in [4.78, 5) is 4.28. The molecule has 90 valence electrons. The number of aryl methyl sites for hydroxylation is 1. The monoisotopic (exact) mass is 239 g/mol. The average Bonchev–Trinajstić information content (AvgIpc) is 2.82. The second kappa shape index (κ2) is 4.07. The van der Waals surface area contributed by atoms with Crippen LogP contribution in [-0.2, 0) is 0 Å². The van der Waals surface area contributed by atoms with Crippen molar-refractivity contribution < 1.29 is 4.74 Å². The summed E-state index contributed by atoms with van der Waals surface area (Å²) in [7, 11) is 0. The molecule has 3 aromatic rings. The summed E-state index contributed by atoms with van der Waals surface area (Å²) < 4.78 is 7.82. The zero-order valence-electron chi connectivity index (χ0n) is 10.00. The molecule has 0 saturated heterocycles. The highest BCUT2D eigenvalue weighted by molar-refractivity contribution is 5.56. The van der Waals surface area contributed by atoms with Crippen LogP contribution in [0.4, 0.5) is 5.69 Å². The summed E-state index contributed by atoms with van der Waals surface area (Å²) in [5, 5.41) is 0. The number of imidazole rings is 1. The zero-order chi connectivity index (χ0) is 12.5. The van der Waals surface area contributed by atoms with E-state index in [1.165, 1.54) is 0 Å². The van der Waals surface area contributed by atoms with Crippen molar-refractivity contribution in [3.8, 4) is 11.5 Å². The maximum Gasteiger partial charge on any atom is 0.180 e. The Labute approximate surface area is 105 Å². The SMILES string of the molecule is Cc1cc(N)ccc1Oc1cccn2ccnc12. The fourth-order valence-corrected chi connectivity index (χ4v) is 1.91. The Bertz CT molecular complexity index is 703. The Morgan fingerprint density at radius 1 is 1.17 bits per heavy atom. The second-order valence-electron chi connectivity index (χ2n) is 4.16. The Hall–Kier alpha value is -2.49. The van der Waals surface area contributed by atoms with Gasteiger partial charge in [0.2, 0.25) is 0 Å². The minimum absolute atomic E-state index is 0.732. The highest BCUT2D eigenvalue weighted by atomic mass is 16.5. The van der Waals surface area contributed by atoms with E-state index in [9.17, 15) is 0 Å². The lowest BCUT2D eigenvalue weighted by Crippen LogP contribution is -1.93. The first-order chi connectivity index (χ1) is 8.74. The lowest BCUT2D eigenvalue weighted by Gasteiger charge is -2.09. The number of anilines is 1. The van der Waals surface area contributed by atoms with Gasteiger partial charge in [0.25, 0.3) is 0 Å². The maximum atomic E-state index is 5.90. The molecule has 0 saturated carbocycles. The first-order valence-electron chi connectivity index (χ1n) is 5.70. The number of aromatic nitrogens is 2. The van der Waals surface area contributed by atoms with E-state index in [-0.39, 0.29) is 0 Å². The molecular weight excluding hydrogens is 226 g/mol. The molecular formula is C14H13N3O. The second-order valence-corrected chi connectivity index (χ2v) is 4.16. The zero-order valence-corrected chi connectivity index (χ0v) is 10.00. The van der Waals surface area contributed by atoms with E-state index in [1.807, 2.05) is 54.0 Å². The van der Waals surface area contributed by atoms with Gasteiger partial charge in [0, 0.05) is 24.3 Å². The number of fused-ring (bicyclic) bond motifs is 1. The average molecular weight is 239 g/mol. The number of ether oxygens (including phenoxy) is 1. The summed E-state index contributed by atoms with van der Waals surface area (Å²) in [5.41, 5.74) is 8.26. The van der Waals surface area contributed by atoms with Crippen LogP contribution in [0.5, 0.6) is 11.5 Å². The van der Waals surface area contributed by atoms with Crippen LogP contribution in [0.15, 0.2) is 48.9 Å². The van der Waals surface area contributed by atoms with E-state index in [4.69, 9.17) is 10.5 Å². The molecule has 0 aliphatic rings. The van der Waals surface area contributed by atoms with Gasteiger partial charge in [-0.1, -0.05) is 0 Å². The number of nitrogens with two attached hydrogens (primary N) is 1. The summed E-state index contributed by atoms with van der Waals surface area (Å²) >= 11 is 0. The molecule has 4 nitrogen and oxygen atoms in total. The van der Waals surface area contributed by atoms with Gasteiger partial charge in [-0.15, -0.1) is 0 Å². The van der Waals surface area contributed by atoms with Gasteiger partial charge in [0.05, 0.1) is 0 Å². The predicted octanol–water partition coefficient (Wildman–Crippen LogP) is 3.02. The third-order valence-corrected chi connectivity index (χ3v) is 2.80. The number of rotatable bonds is 2. The van der Waals surface area contributed by atoms with Gasteiger partial charge >= 0.3 is 0 Å². The molecule has 0 fully saturated rings. The van der Waals surface area contributed by atoms with Crippen LogP contribution >= 0.6 is 0 Å². The predicted molar refractivity (Wildman–Crippen MR) is 70.9 cm³/mol. The van der Waals surface area contributed by atoms with Gasteiger partial charge in [-0.3, -0.25) is 0 Å². The number of benzene rings is 1. The van der Waals surface area contributed by atoms with Crippen molar-refractivity contribution in [1.29, 1.82) is 0 Å². The summed E-state index contributed by atoms with van der Waals surface area (Å²) in [6.07, 6.45) is 5.57. The molecule has 2 aromatic heterocycles. The Balaban J connectivity index is 2.03. The number of nitrogen functional groups attached to an aromatic ring is 1. The fraction of sp³-hybridized carbons (Fsp3) is 0.0714. The van der Waals surface area contributed by atoms with Crippen LogP contribution in [0.25, 0.3) is 5.65 Å². The van der Waals surface area contributed by atoms with E-state index in [2.05, 4.69) is 4.98 Å². The number of hydrogen-bond acceptors (Lipinski definition) is 3. The molecule has 0 bridgehead atoms. The van der Waals surface area contributed by atoms with Crippen molar-refractivity contribution in [2.45, 2.75) is 6.92 Å². The molecule has 3 rings (SSSR count). The van der Waals surface area contributed by atoms with Crippen LogP contribution in [0.3, 0.4) is 0 Å². The highest BCUT2D eigenvalue weighted by Gasteiger charge is 2.06. The van der Waals surface area contributed by atoms with Crippen molar-refractivity contribution in [1.82, 2.24) is 9.38 Å². The Morgan fingerprint density at radius 3 is 2.89 bits per heavy atom. The molecule has 0 aliphatic heterocycles. The van der Waals surface area contributed by atoms with Crippen molar-refractivity contribution in [3.05, 3.63) is 54.5 Å². The van der Waals surface area contributed by atoms with Crippen LogP contribution in [0, 0.1) is 6.92 Å². The number of hydrogen-bond donors (Lipinski definition) is 1. The molecule has 2 heterocycles. The smallest absolute Gasteiger partial charge is 0.180 e. The Morgan fingerprint density at radius 2 is 2.06 bits per heavy atom. The van der Waals surface area contributed by atoms with Crippen LogP contribution in [-0.4, -0.2) is 9.38 Å². The highest BCUT2D eigenvalue weighted by Crippen LogP contribution is 2.28. The molecule has 0 amide bonds. The standard InChI is InChI=1S/C14H13N3O/c1-10-9-11(15)4-5-12(10)18-13-3-2-7-17-8-6-16-14(13)17/h2-9H,15H2,1H3. The topological polar surface area (TPSA) is 52.5 Å². The molecule has 0 aliphatic carbocycles. The molecule has 0 atom stereocenters. The van der Waals surface area contributed by atoms with E-state index < -0.39 is 0 Å². The van der Waals surface area contributed by atoms with Crippen molar-refractivity contribution in [3.63, 3.8) is 0 Å². The van der Waals surface area contributed by atoms with Gasteiger partial charge in [-0.05, 0) is 42.8 Å². The summed E-state index contributed by atoms with van der Waals surface area (Å²) in [6.45, 7) is 1.97. The van der Waals surface area contributed by atoms with Gasteiger partial charge < -0.3 is 14.9 Å². The van der Waals surface area contributed by atoms with E-state index in [0.717, 1.165) is 28.4 Å². The van der Waals surface area contributed by atoms with Crippen LogP contribution < -0.4 is 10.5 Å². The third-order valence-electron chi connectivity index (χ3n) is 2.80. The number of pyridine rings is 1. The van der Waals surface area contributed by atoms with Gasteiger partial charge in [0.1, 0.15) is 5.75 Å². The molecule has 18 heavy (non-hydrogen) atoms. The van der Waals surface area contributed by atoms with Gasteiger partial charge in [-0.25, -0.2) is 4.98 Å². The van der Waals surface area contributed by atoms with Crippen molar-refractivity contribution in [2.75, 3.05) is 5.73 Å². The summed E-state index contributed by atoms with van der Waals surface area (Å²) in [6, 6.07) is 9.42. The van der Waals surface area contributed by atoms with Gasteiger partial charge in [-0.2, -0.15) is 0 Å². The molecule has 0 radical (unpaired) electrons. The third kappa shape index (κ3) is 1.78. The first-order valence-corrected chi connectivity index (χ1v) is 5.70. The molecule has 2 N–H and O–H groups in total. The minimum atomic E-state index is 0.732. The van der Waals surface area contributed by atoms with Crippen LogP contribution in [0.1, 0.15) is 5.56 Å². The summed E-state index contributed by atoms with van der Waals surface area (Å²) in [5.74, 6) is 1.52. The van der Waals surface area contributed by atoms with E-state index in [0.29, 0.717) is 0 Å². The number of nitrogens with zero attached hydrogens (tertiary/aromatic N) is 2. The largest absolute Gasteiger partial charge is 0.453 e. The molecule has 0 spiro atoms. The maximum absolute atomic E-state index is 5.90. The normalized spacial score (nSPS) is 10.7. The Kier molecular flexibility index (Phi) is 2.41. The quantitative estimate of drug-likeness (QED) is 0.699. The molecule has 1 aromatic carbocycles. The fourth-order valence-electron chi connectivity index (χ4n) is 1.91. The van der Waals surface area contributed by atoms with E-state index in [1.54, 1.807) is 6.20 Å². The first kappa shape index (κ1) is 10.7.